The first-order chi connectivity index (χ1) is 6.74. The molecule has 1 aromatic carbocycles. The van der Waals surface area contributed by atoms with Crippen LogP contribution in [0.15, 0.2) is 42.2 Å². The zero-order valence-electron chi connectivity index (χ0n) is 8.21. The summed E-state index contributed by atoms with van der Waals surface area (Å²) in [6.45, 7) is 2.21. The largest absolute Gasteiger partial charge is 0.327 e. The first-order valence-electron chi connectivity index (χ1n) is 4.43. The standard InChI is InChI=1S/C6H5F.C5H10FN/c7-6-4-2-1-3-5-6;1-2-5(3-6)4-7/h1-5H;3H,2,4,7H2,1H3. The summed E-state index contributed by atoms with van der Waals surface area (Å²) in [5, 5.41) is 0. The highest BCUT2D eigenvalue weighted by atomic mass is 19.1. The predicted octanol–water partition coefficient (Wildman–Crippen LogP) is 3.03. The average molecular weight is 199 g/mol. The summed E-state index contributed by atoms with van der Waals surface area (Å²) in [7, 11) is 0. The van der Waals surface area contributed by atoms with Crippen molar-refractivity contribution in [1.29, 1.82) is 0 Å². The monoisotopic (exact) mass is 199 g/mol. The van der Waals surface area contributed by atoms with Crippen molar-refractivity contribution in [2.24, 2.45) is 5.73 Å². The second kappa shape index (κ2) is 8.38. The molecule has 0 saturated heterocycles. The Labute approximate surface area is 83.2 Å². The maximum atomic E-state index is 11.9. The van der Waals surface area contributed by atoms with Gasteiger partial charge in [-0.25, -0.2) is 8.78 Å². The number of benzene rings is 1. The summed E-state index contributed by atoms with van der Waals surface area (Å²) >= 11 is 0. The number of halogens is 2. The fourth-order valence-corrected chi connectivity index (χ4v) is 0.681. The SMILES string of the molecule is CCC(=CF)CN.Fc1ccccc1. The second-order valence-corrected chi connectivity index (χ2v) is 2.62. The molecule has 0 radical (unpaired) electrons. The summed E-state index contributed by atoms with van der Waals surface area (Å²) < 4.78 is 23.3. The molecule has 78 valence electrons. The van der Waals surface area contributed by atoms with Crippen molar-refractivity contribution in [3.05, 3.63) is 48.1 Å². The molecular formula is C11H15F2N. The van der Waals surface area contributed by atoms with Crippen LogP contribution in [0.3, 0.4) is 0 Å². The highest BCUT2D eigenvalue weighted by molar-refractivity contribution is 5.02. The van der Waals surface area contributed by atoms with Crippen LogP contribution in [0.4, 0.5) is 8.78 Å². The smallest absolute Gasteiger partial charge is 0.123 e. The van der Waals surface area contributed by atoms with Gasteiger partial charge in [0.2, 0.25) is 0 Å². The van der Waals surface area contributed by atoms with E-state index in [-0.39, 0.29) is 5.82 Å². The quantitative estimate of drug-likeness (QED) is 0.778. The molecule has 0 saturated carbocycles. The van der Waals surface area contributed by atoms with Gasteiger partial charge in [-0.1, -0.05) is 25.1 Å². The van der Waals surface area contributed by atoms with Gasteiger partial charge in [0, 0.05) is 6.54 Å². The van der Waals surface area contributed by atoms with Gasteiger partial charge in [0.05, 0.1) is 6.33 Å². The third-order valence-corrected chi connectivity index (χ3v) is 1.60. The van der Waals surface area contributed by atoms with Crippen LogP contribution in [0.5, 0.6) is 0 Å². The molecule has 0 aliphatic heterocycles. The Morgan fingerprint density at radius 1 is 1.36 bits per heavy atom. The lowest BCUT2D eigenvalue weighted by Gasteiger charge is -1.91. The summed E-state index contributed by atoms with van der Waals surface area (Å²) in [5.74, 6) is -0.178. The van der Waals surface area contributed by atoms with Crippen LogP contribution >= 0.6 is 0 Å². The highest BCUT2D eigenvalue weighted by Gasteiger charge is 1.84. The topological polar surface area (TPSA) is 26.0 Å². The zero-order chi connectivity index (χ0) is 10.8. The summed E-state index contributed by atoms with van der Waals surface area (Å²) in [6.07, 6.45) is 1.28. The van der Waals surface area contributed by atoms with Gasteiger partial charge < -0.3 is 5.73 Å². The van der Waals surface area contributed by atoms with E-state index in [0.29, 0.717) is 24.9 Å². The van der Waals surface area contributed by atoms with E-state index in [1.54, 1.807) is 18.2 Å². The molecule has 0 aromatic heterocycles. The molecule has 0 bridgehead atoms. The Balaban J connectivity index is 0.000000241. The molecule has 0 atom stereocenters. The molecule has 1 aromatic rings. The van der Waals surface area contributed by atoms with E-state index in [0.717, 1.165) is 0 Å². The van der Waals surface area contributed by atoms with E-state index in [2.05, 4.69) is 0 Å². The third-order valence-electron chi connectivity index (χ3n) is 1.60. The minimum absolute atomic E-state index is 0.178. The Bertz CT molecular complexity index is 251. The Kier molecular flexibility index (Phi) is 7.65. The Hall–Kier alpha value is -1.22. The van der Waals surface area contributed by atoms with Crippen molar-refractivity contribution in [2.75, 3.05) is 6.54 Å². The molecule has 0 unspecified atom stereocenters. The van der Waals surface area contributed by atoms with Gasteiger partial charge in [0.15, 0.2) is 0 Å². The van der Waals surface area contributed by atoms with Gasteiger partial charge >= 0.3 is 0 Å². The van der Waals surface area contributed by atoms with Crippen LogP contribution in [0.25, 0.3) is 0 Å². The number of rotatable bonds is 2. The minimum atomic E-state index is -0.178. The lowest BCUT2D eigenvalue weighted by Crippen LogP contribution is -2.00. The number of nitrogens with two attached hydrogens (primary N) is 1. The van der Waals surface area contributed by atoms with Crippen LogP contribution < -0.4 is 5.73 Å². The van der Waals surface area contributed by atoms with Gasteiger partial charge in [-0.05, 0) is 24.1 Å². The first-order valence-corrected chi connectivity index (χ1v) is 4.43. The first kappa shape index (κ1) is 12.8. The van der Waals surface area contributed by atoms with Crippen molar-refractivity contribution in [3.8, 4) is 0 Å². The molecule has 1 nitrogen and oxygen atoms in total. The van der Waals surface area contributed by atoms with Crippen LogP contribution in [0.1, 0.15) is 13.3 Å². The maximum Gasteiger partial charge on any atom is 0.123 e. The Morgan fingerprint density at radius 2 is 1.93 bits per heavy atom. The van der Waals surface area contributed by atoms with Crippen molar-refractivity contribution in [2.45, 2.75) is 13.3 Å². The molecule has 0 spiro atoms. The summed E-state index contributed by atoms with van der Waals surface area (Å²) in [6, 6.07) is 7.94. The molecule has 2 N–H and O–H groups in total. The molecule has 0 heterocycles. The van der Waals surface area contributed by atoms with Crippen molar-refractivity contribution in [1.82, 2.24) is 0 Å². The second-order valence-electron chi connectivity index (χ2n) is 2.62. The number of hydrogen-bond donors (Lipinski definition) is 1. The molecular weight excluding hydrogens is 184 g/mol. The van der Waals surface area contributed by atoms with E-state index >= 15 is 0 Å². The van der Waals surface area contributed by atoms with Crippen LogP contribution in [-0.2, 0) is 0 Å². The van der Waals surface area contributed by atoms with Gasteiger partial charge in [-0.3, -0.25) is 0 Å². The van der Waals surface area contributed by atoms with Crippen LogP contribution in [0.2, 0.25) is 0 Å². The van der Waals surface area contributed by atoms with Gasteiger partial charge in [0.1, 0.15) is 5.82 Å². The Morgan fingerprint density at radius 3 is 2.07 bits per heavy atom. The normalized spacial score (nSPS) is 10.4. The van der Waals surface area contributed by atoms with E-state index in [4.69, 9.17) is 5.73 Å². The molecule has 1 rings (SSSR count). The molecule has 0 aliphatic rings. The van der Waals surface area contributed by atoms with Crippen LogP contribution in [0, 0.1) is 5.82 Å². The zero-order valence-corrected chi connectivity index (χ0v) is 8.21. The third kappa shape index (κ3) is 6.31. The number of hydrogen-bond acceptors (Lipinski definition) is 1. The lowest BCUT2D eigenvalue weighted by molar-refractivity contribution is 0.628. The van der Waals surface area contributed by atoms with E-state index in [9.17, 15) is 8.78 Å². The minimum Gasteiger partial charge on any atom is -0.327 e. The predicted molar refractivity (Wildman–Crippen MR) is 54.9 cm³/mol. The van der Waals surface area contributed by atoms with Crippen molar-refractivity contribution >= 4 is 0 Å². The van der Waals surface area contributed by atoms with Crippen LogP contribution in [-0.4, -0.2) is 6.54 Å². The molecule has 3 heteroatoms. The summed E-state index contributed by atoms with van der Waals surface area (Å²) in [5.41, 5.74) is 5.75. The molecule has 0 aliphatic carbocycles. The van der Waals surface area contributed by atoms with Crippen molar-refractivity contribution in [3.63, 3.8) is 0 Å². The van der Waals surface area contributed by atoms with E-state index in [1.165, 1.54) is 12.1 Å². The molecule has 0 fully saturated rings. The fraction of sp³-hybridized carbons (Fsp3) is 0.273. The van der Waals surface area contributed by atoms with Gasteiger partial charge in [-0.15, -0.1) is 0 Å². The van der Waals surface area contributed by atoms with Gasteiger partial charge in [-0.2, -0.15) is 0 Å². The van der Waals surface area contributed by atoms with E-state index < -0.39 is 0 Å². The van der Waals surface area contributed by atoms with Crippen molar-refractivity contribution < 1.29 is 8.78 Å². The highest BCUT2D eigenvalue weighted by Crippen LogP contribution is 1.95. The lowest BCUT2D eigenvalue weighted by atomic mass is 10.2. The summed E-state index contributed by atoms with van der Waals surface area (Å²) in [4.78, 5) is 0. The van der Waals surface area contributed by atoms with Gasteiger partial charge in [0.25, 0.3) is 0 Å². The maximum absolute atomic E-state index is 11.9. The molecule has 0 amide bonds. The average Bonchev–Trinajstić information content (AvgIpc) is 2.22. The van der Waals surface area contributed by atoms with E-state index in [1.807, 2.05) is 6.92 Å². The fourth-order valence-electron chi connectivity index (χ4n) is 0.681. The molecule has 14 heavy (non-hydrogen) atoms.